The Labute approximate surface area is 119 Å². The molecule has 0 aromatic carbocycles. The molecule has 0 aliphatic carbocycles. The average molecular weight is 290 g/mol. The van der Waals surface area contributed by atoms with Gasteiger partial charge >= 0.3 is 15.3 Å². The Morgan fingerprint density at radius 1 is 1.16 bits per heavy atom. The van der Waals surface area contributed by atoms with Gasteiger partial charge in [-0.05, 0) is 19.8 Å². The zero-order valence-electron chi connectivity index (χ0n) is 13.1. The molecule has 0 radical (unpaired) electrons. The van der Waals surface area contributed by atoms with Crippen LogP contribution in [0.25, 0.3) is 0 Å². The summed E-state index contributed by atoms with van der Waals surface area (Å²) in [5, 5.41) is 3.00. The number of amides is 2. The molecule has 0 fully saturated rings. The van der Waals surface area contributed by atoms with Crippen LogP contribution in [0.4, 0.5) is 4.79 Å². The van der Waals surface area contributed by atoms with Crippen LogP contribution in [0.2, 0.25) is 0 Å². The van der Waals surface area contributed by atoms with Gasteiger partial charge < -0.3 is 19.1 Å². The summed E-state index contributed by atoms with van der Waals surface area (Å²) >= 11 is 0. The van der Waals surface area contributed by atoms with Crippen molar-refractivity contribution in [1.82, 2.24) is 10.2 Å². The molecule has 1 N–H and O–H groups in total. The molecule has 0 aromatic heterocycles. The summed E-state index contributed by atoms with van der Waals surface area (Å²) in [4.78, 5) is 14.1. The fourth-order valence-electron chi connectivity index (χ4n) is 1.87. The van der Waals surface area contributed by atoms with Gasteiger partial charge in [-0.3, -0.25) is 0 Å². The monoisotopic (exact) mass is 290 g/mol. The van der Waals surface area contributed by atoms with Gasteiger partial charge in [0, 0.05) is 27.3 Å². The van der Waals surface area contributed by atoms with Crippen molar-refractivity contribution in [2.45, 2.75) is 52.1 Å². The van der Waals surface area contributed by atoms with Crippen LogP contribution in [-0.2, 0) is 8.85 Å². The number of carbonyl (C=O) groups is 1. The molecule has 1 unspecified atom stereocenters. The van der Waals surface area contributed by atoms with Crippen LogP contribution in [0.15, 0.2) is 0 Å². The molecule has 0 saturated heterocycles. The number of rotatable bonds is 10. The fourth-order valence-corrected chi connectivity index (χ4v) is 3.16. The lowest BCUT2D eigenvalue weighted by Crippen LogP contribution is -2.51. The van der Waals surface area contributed by atoms with E-state index in [9.17, 15) is 4.79 Å². The molecule has 0 spiro atoms. The maximum absolute atomic E-state index is 12.2. The topological polar surface area (TPSA) is 50.8 Å². The van der Waals surface area contributed by atoms with E-state index in [0.717, 1.165) is 38.8 Å². The van der Waals surface area contributed by atoms with E-state index in [-0.39, 0.29) is 11.7 Å². The normalized spacial score (nSPS) is 12.5. The minimum absolute atomic E-state index is 0.000926. The maximum Gasteiger partial charge on any atom is 0.343 e. The molecule has 5 nitrogen and oxygen atoms in total. The first-order valence-electron chi connectivity index (χ1n) is 7.21. The number of hydrogen-bond donors (Lipinski definition) is 1. The van der Waals surface area contributed by atoms with Crippen LogP contribution in [0, 0.1) is 0 Å². The number of nitrogens with zero attached hydrogens (tertiary/aromatic N) is 1. The van der Waals surface area contributed by atoms with Crippen molar-refractivity contribution >= 4 is 15.3 Å². The van der Waals surface area contributed by atoms with E-state index in [1.165, 1.54) is 0 Å². The number of nitrogens with one attached hydrogen (secondary N) is 1. The minimum atomic E-state index is -1.80. The Balaban J connectivity index is 4.35. The van der Waals surface area contributed by atoms with Crippen LogP contribution < -0.4 is 5.32 Å². The highest BCUT2D eigenvalue weighted by molar-refractivity contribution is 6.46. The highest BCUT2D eigenvalue weighted by Crippen LogP contribution is 2.02. The molecule has 0 aliphatic rings. The number of carbonyl (C=O) groups excluding carboxylic acids is 1. The highest BCUT2D eigenvalue weighted by atomic mass is 28.3. The van der Waals surface area contributed by atoms with Gasteiger partial charge in [-0.1, -0.05) is 26.7 Å². The SMILES string of the molecule is CCCCN(CCCC)C(=O)NC(C)[SiH](OC)OC. The van der Waals surface area contributed by atoms with Gasteiger partial charge in [0.2, 0.25) is 0 Å². The lowest BCUT2D eigenvalue weighted by Gasteiger charge is -2.26. The first-order chi connectivity index (χ1) is 9.10. The van der Waals surface area contributed by atoms with E-state index in [4.69, 9.17) is 8.85 Å². The molecule has 6 heteroatoms. The molecule has 114 valence electrons. The second-order valence-corrected chi connectivity index (χ2v) is 7.45. The summed E-state index contributed by atoms with van der Waals surface area (Å²) in [6.07, 6.45) is 4.28. The molecule has 0 aromatic rings. The van der Waals surface area contributed by atoms with E-state index in [2.05, 4.69) is 19.2 Å². The number of unbranched alkanes of at least 4 members (excludes halogenated alkanes) is 2. The predicted octanol–water partition coefficient (Wildman–Crippen LogP) is 2.04. The predicted molar refractivity (Wildman–Crippen MR) is 80.5 cm³/mol. The van der Waals surface area contributed by atoms with Crippen molar-refractivity contribution in [2.75, 3.05) is 27.3 Å². The summed E-state index contributed by atoms with van der Waals surface area (Å²) in [5.41, 5.74) is -0.0340. The Hall–Kier alpha value is -0.593. The third kappa shape index (κ3) is 7.54. The Bertz CT molecular complexity index is 230. The lowest BCUT2D eigenvalue weighted by atomic mass is 10.3. The first-order valence-corrected chi connectivity index (χ1v) is 8.82. The first kappa shape index (κ1) is 18.4. The van der Waals surface area contributed by atoms with Crippen LogP contribution in [0.1, 0.15) is 46.5 Å². The third-order valence-electron chi connectivity index (χ3n) is 3.07. The van der Waals surface area contributed by atoms with Crippen LogP contribution in [0.3, 0.4) is 0 Å². The van der Waals surface area contributed by atoms with Crippen LogP contribution >= 0.6 is 0 Å². The van der Waals surface area contributed by atoms with Crippen molar-refractivity contribution in [3.63, 3.8) is 0 Å². The molecular formula is C13H30N2O3Si. The van der Waals surface area contributed by atoms with Crippen molar-refractivity contribution in [1.29, 1.82) is 0 Å². The molecule has 0 rings (SSSR count). The Morgan fingerprint density at radius 3 is 2.00 bits per heavy atom. The van der Waals surface area contributed by atoms with Crippen LogP contribution in [-0.4, -0.2) is 53.2 Å². The molecule has 2 amide bonds. The molecule has 0 saturated carbocycles. The Kier molecular flexibility index (Phi) is 10.9. The molecule has 1 atom stereocenters. The fraction of sp³-hybridized carbons (Fsp3) is 0.923. The van der Waals surface area contributed by atoms with Crippen molar-refractivity contribution in [3.05, 3.63) is 0 Å². The number of urea groups is 1. The largest absolute Gasteiger partial charge is 0.399 e. The second kappa shape index (κ2) is 11.3. The van der Waals surface area contributed by atoms with Crippen LogP contribution in [0.5, 0.6) is 0 Å². The summed E-state index contributed by atoms with van der Waals surface area (Å²) in [6, 6.07) is 0.000926. The van der Waals surface area contributed by atoms with E-state index in [1.54, 1.807) is 14.2 Å². The van der Waals surface area contributed by atoms with Gasteiger partial charge in [0.1, 0.15) is 0 Å². The van der Waals surface area contributed by atoms with Gasteiger partial charge in [0.15, 0.2) is 0 Å². The van der Waals surface area contributed by atoms with E-state index < -0.39 is 9.28 Å². The van der Waals surface area contributed by atoms with Gasteiger partial charge in [-0.15, -0.1) is 0 Å². The van der Waals surface area contributed by atoms with Gasteiger partial charge in [-0.2, -0.15) is 0 Å². The van der Waals surface area contributed by atoms with E-state index in [1.807, 2.05) is 11.8 Å². The van der Waals surface area contributed by atoms with Crippen molar-refractivity contribution in [2.24, 2.45) is 0 Å². The molecule has 19 heavy (non-hydrogen) atoms. The zero-order valence-corrected chi connectivity index (χ0v) is 14.2. The highest BCUT2D eigenvalue weighted by Gasteiger charge is 2.23. The quantitative estimate of drug-likeness (QED) is 0.626. The summed E-state index contributed by atoms with van der Waals surface area (Å²) in [5.74, 6) is 0. The molecule has 0 aliphatic heterocycles. The smallest absolute Gasteiger partial charge is 0.343 e. The molecule has 0 bridgehead atoms. The van der Waals surface area contributed by atoms with Gasteiger partial charge in [0.05, 0.1) is 5.67 Å². The van der Waals surface area contributed by atoms with Gasteiger partial charge in [0.25, 0.3) is 0 Å². The van der Waals surface area contributed by atoms with Gasteiger partial charge in [-0.25, -0.2) is 4.79 Å². The average Bonchev–Trinajstić information content (AvgIpc) is 2.40. The summed E-state index contributed by atoms with van der Waals surface area (Å²) in [7, 11) is 1.47. The summed E-state index contributed by atoms with van der Waals surface area (Å²) in [6.45, 7) is 7.86. The minimum Gasteiger partial charge on any atom is -0.399 e. The Morgan fingerprint density at radius 2 is 1.63 bits per heavy atom. The standard InChI is InChI=1S/C13H30N2O3Si/c1-6-8-10-15(11-9-7-2)13(16)14-12(3)19(17-4)18-5/h12,19H,6-11H2,1-5H3,(H,14,16). The van der Waals surface area contributed by atoms with Crippen molar-refractivity contribution < 1.29 is 13.6 Å². The lowest BCUT2D eigenvalue weighted by molar-refractivity contribution is 0.191. The maximum atomic E-state index is 12.2. The van der Waals surface area contributed by atoms with E-state index >= 15 is 0 Å². The zero-order chi connectivity index (χ0) is 14.7. The summed E-state index contributed by atoms with van der Waals surface area (Å²) < 4.78 is 10.6. The molecular weight excluding hydrogens is 260 g/mol. The number of hydrogen-bond acceptors (Lipinski definition) is 3. The van der Waals surface area contributed by atoms with E-state index in [0.29, 0.717) is 0 Å². The van der Waals surface area contributed by atoms with Crippen molar-refractivity contribution in [3.8, 4) is 0 Å². The second-order valence-electron chi connectivity index (χ2n) is 4.77. The third-order valence-corrected chi connectivity index (χ3v) is 4.99. The molecule has 0 heterocycles.